The number of aliphatic hydroxyl groups excluding tert-OH is 1. The van der Waals surface area contributed by atoms with E-state index in [4.69, 9.17) is 90.2 Å². The monoisotopic (exact) mass is 1870 g/mol. The second-order valence-corrected chi connectivity index (χ2v) is 40.5. The van der Waals surface area contributed by atoms with Crippen LogP contribution in [0.3, 0.4) is 0 Å². The molecule has 32 nitrogen and oxygen atoms in total. The number of anilines is 4. The Morgan fingerprint density at radius 1 is 0.478 bits per heavy atom. The third-order valence-corrected chi connectivity index (χ3v) is 27.8. The van der Waals surface area contributed by atoms with Gasteiger partial charge >= 0.3 is 11.7 Å². The number of nitrogen functional groups attached to an aromatic ring is 4. The van der Waals surface area contributed by atoms with Crippen LogP contribution in [0.5, 0.6) is 23.5 Å². The molecule has 2 amide bonds. The Kier molecular flexibility index (Phi) is 28.6. The van der Waals surface area contributed by atoms with Crippen molar-refractivity contribution in [3.63, 3.8) is 0 Å². The minimum Gasteiger partial charge on any atom is -0.481 e. The largest absolute Gasteiger partial charge is 0.481 e. The van der Waals surface area contributed by atoms with Crippen molar-refractivity contribution < 1.29 is 53.2 Å². The number of likely N-dealkylation sites (tertiary alicyclic amines) is 1. The van der Waals surface area contributed by atoms with Gasteiger partial charge in [-0.25, -0.2) is 44.7 Å². The van der Waals surface area contributed by atoms with Gasteiger partial charge in [0, 0.05) is 64.8 Å². The summed E-state index contributed by atoms with van der Waals surface area (Å²) < 4.78 is 29.2. The highest BCUT2D eigenvalue weighted by Gasteiger charge is 2.43. The number of aliphatic carboxylic acids is 1. The van der Waals surface area contributed by atoms with Crippen LogP contribution in [0.4, 0.5) is 46.0 Å². The van der Waals surface area contributed by atoms with Crippen molar-refractivity contribution in [2.75, 3.05) is 42.6 Å². The van der Waals surface area contributed by atoms with Gasteiger partial charge in [0.2, 0.25) is 23.5 Å². The number of fused-ring (bicyclic) bond motifs is 4. The summed E-state index contributed by atoms with van der Waals surface area (Å²) in [6, 6.07) is 29.3. The molecule has 4 aliphatic carbocycles. The van der Waals surface area contributed by atoms with E-state index in [0.717, 1.165) is 190 Å². The van der Waals surface area contributed by atoms with Gasteiger partial charge in [-0.2, -0.15) is 19.9 Å². The highest BCUT2D eigenvalue weighted by Crippen LogP contribution is 2.49. The molecule has 1 saturated heterocycles. The summed E-state index contributed by atoms with van der Waals surface area (Å²) >= 11 is 13.5. The number of carboxylic acids is 1. The van der Waals surface area contributed by atoms with Gasteiger partial charge in [0.1, 0.15) is 57.4 Å². The van der Waals surface area contributed by atoms with Crippen LogP contribution in [0.25, 0.3) is 0 Å². The second kappa shape index (κ2) is 39.6. The van der Waals surface area contributed by atoms with E-state index in [0.29, 0.717) is 152 Å². The number of carbonyl (C=O) groups is 3. The Labute approximate surface area is 790 Å². The van der Waals surface area contributed by atoms with Gasteiger partial charge in [-0.1, -0.05) is 101 Å². The summed E-state index contributed by atoms with van der Waals surface area (Å²) in [4.78, 5) is 104. The number of nitrogens with zero attached hydrogens (tertiary/aromatic N) is 14. The van der Waals surface area contributed by atoms with Crippen molar-refractivity contribution in [2.24, 2.45) is 43.6 Å². The van der Waals surface area contributed by atoms with E-state index >= 15 is 0 Å². The summed E-state index contributed by atoms with van der Waals surface area (Å²) in [5.74, 6) is 7.57. The fourth-order valence-corrected chi connectivity index (χ4v) is 20.7. The third kappa shape index (κ3) is 22.4. The van der Waals surface area contributed by atoms with Crippen LogP contribution in [0.15, 0.2) is 114 Å². The normalized spacial score (nSPS) is 22.9. The SMILES string of the molecule is Cc1nc(N)c2c(n1)OC(C)(C)C(c1ccc(C3CCC(CC(=O)O)CC3)c(Cl)c1)=N2.Cc1nc(N)c2c(n1)OC(C)(C)C(c1ccc(C3CCC(CN4CCCC(O)C4=O)CC3)c(Cl)c1)=N2.Cc1nc(N)c2c(n1)OC(C)(C)C(c1ccc(C3CCC(CNC(=O)C(C)(C)O)CC3)cc1)=N2.Cc1nc(N)c2c(n1)OC(C)(C)C(c1ccc(C3CCC(Cc4noc(=O)[nH]4)CC3)cc1)=N2. The van der Waals surface area contributed by atoms with E-state index in [2.05, 4.69) is 127 Å². The number of ether oxygens (including phenoxy) is 4. The molecule has 710 valence electrons. The van der Waals surface area contributed by atoms with Gasteiger partial charge in [0.15, 0.2) is 51.8 Å². The first kappa shape index (κ1) is 96.7. The number of piperidine rings is 1. The molecule has 4 aromatic carbocycles. The number of H-pyrrole nitrogens is 1. The molecule has 1 atom stereocenters. The predicted molar refractivity (Wildman–Crippen MR) is 517 cm³/mol. The zero-order valence-corrected chi connectivity index (χ0v) is 80.4. The second-order valence-electron chi connectivity index (χ2n) is 39.7. The van der Waals surface area contributed by atoms with Crippen LogP contribution >= 0.6 is 23.2 Å². The maximum atomic E-state index is 12.3. The Bertz CT molecular complexity index is 6070. The van der Waals surface area contributed by atoms with Crippen LogP contribution in [-0.2, 0) is 20.8 Å². The van der Waals surface area contributed by atoms with Gasteiger partial charge in [-0.3, -0.25) is 23.9 Å². The number of aryl methyl sites for hydroxylation is 4. The van der Waals surface area contributed by atoms with E-state index in [1.807, 2.05) is 78.5 Å². The molecule has 5 aromatic heterocycles. The lowest BCUT2D eigenvalue weighted by atomic mass is 9.77. The Hall–Kier alpha value is -11.9. The lowest BCUT2D eigenvalue weighted by molar-refractivity contribution is -0.144. The fraction of sp³-hybridized carbons (Fsp3) is 0.510. The van der Waals surface area contributed by atoms with E-state index in [1.165, 1.54) is 25.0 Å². The lowest BCUT2D eigenvalue weighted by Crippen LogP contribution is -2.46. The lowest BCUT2D eigenvalue weighted by Gasteiger charge is -2.36. The average Bonchev–Trinajstić information content (AvgIpc) is 0.829. The first-order chi connectivity index (χ1) is 63.5. The van der Waals surface area contributed by atoms with Crippen molar-refractivity contribution in [1.82, 2.24) is 60.2 Å². The summed E-state index contributed by atoms with van der Waals surface area (Å²) in [6.07, 6.45) is 18.3. The molecule has 134 heavy (non-hydrogen) atoms. The van der Waals surface area contributed by atoms with Crippen LogP contribution in [-0.4, -0.2) is 165 Å². The van der Waals surface area contributed by atoms with Crippen molar-refractivity contribution in [1.29, 1.82) is 0 Å². The van der Waals surface area contributed by atoms with E-state index in [1.54, 1.807) is 27.7 Å². The maximum Gasteiger partial charge on any atom is 0.438 e. The number of aliphatic imine (C=N–C) groups is 4. The van der Waals surface area contributed by atoms with Gasteiger partial charge in [0.25, 0.3) is 11.8 Å². The van der Waals surface area contributed by atoms with Gasteiger partial charge in [-0.15, -0.1) is 0 Å². The molecule has 5 aliphatic heterocycles. The zero-order chi connectivity index (χ0) is 95.8. The Morgan fingerprint density at radius 2 is 0.821 bits per heavy atom. The molecule has 4 saturated carbocycles. The number of carboxylic acid groups (broad SMARTS) is 1. The minimum atomic E-state index is -1.33. The number of aliphatic hydroxyl groups is 2. The molecule has 0 spiro atoms. The first-order valence-electron chi connectivity index (χ1n) is 46.7. The number of hydrogen-bond donors (Lipinski definition) is 9. The first-order valence-corrected chi connectivity index (χ1v) is 47.5. The van der Waals surface area contributed by atoms with E-state index in [-0.39, 0.29) is 30.0 Å². The number of nitrogens with two attached hydrogens (primary N) is 4. The summed E-state index contributed by atoms with van der Waals surface area (Å²) in [7, 11) is 0. The smallest absolute Gasteiger partial charge is 0.438 e. The number of aromatic amines is 1. The predicted octanol–water partition coefficient (Wildman–Crippen LogP) is 17.3. The van der Waals surface area contributed by atoms with Gasteiger partial charge < -0.3 is 67.4 Å². The van der Waals surface area contributed by atoms with E-state index < -0.39 is 45.8 Å². The van der Waals surface area contributed by atoms with E-state index in [9.17, 15) is 29.4 Å². The summed E-state index contributed by atoms with van der Waals surface area (Å²) in [6.45, 7) is 28.0. The average molecular weight is 1870 g/mol. The Balaban J connectivity index is 0.000000136. The number of amides is 2. The quantitative estimate of drug-likeness (QED) is 0.0409. The molecular formula is C100H124Cl2N20O12. The third-order valence-electron chi connectivity index (χ3n) is 27.2. The van der Waals surface area contributed by atoms with Gasteiger partial charge in [0.05, 0.1) is 22.8 Å². The highest BCUT2D eigenvalue weighted by molar-refractivity contribution is 6.32. The maximum absolute atomic E-state index is 12.3. The molecule has 5 fully saturated rings. The minimum absolute atomic E-state index is 0.106. The molecule has 34 heteroatoms. The van der Waals surface area contributed by atoms with Crippen molar-refractivity contribution >= 4 is 110 Å². The number of carbonyl (C=O) groups excluding carboxylic acids is 2. The highest BCUT2D eigenvalue weighted by atomic mass is 35.5. The zero-order valence-electron chi connectivity index (χ0n) is 78.9. The molecule has 0 bridgehead atoms. The summed E-state index contributed by atoms with van der Waals surface area (Å²) in [5.41, 5.74) is 33.9. The number of nitrogens with one attached hydrogen (secondary N) is 2. The van der Waals surface area contributed by atoms with Crippen molar-refractivity contribution in [3.05, 3.63) is 179 Å². The molecule has 18 rings (SSSR count). The topological polar surface area (TPSA) is 480 Å². The van der Waals surface area contributed by atoms with Crippen LogP contribution in [0.1, 0.15) is 289 Å². The van der Waals surface area contributed by atoms with Crippen LogP contribution < -0.4 is 53.0 Å². The number of aromatic nitrogens is 10. The van der Waals surface area contributed by atoms with Gasteiger partial charge in [-0.05, 0) is 294 Å². The number of halogens is 2. The summed E-state index contributed by atoms with van der Waals surface area (Å²) in [5, 5.41) is 36.8. The molecule has 10 heterocycles. The number of rotatable bonds is 17. The standard InChI is InChI=1S/C27H34ClN5O3.C26H35N5O3.C24H28N6O3.C23H27ClN4O3/c1-15-30-24(29)22-25(31-15)36-27(2,3)23(32-22)18-10-11-19(20(28)13-18)17-8-6-16(7-9-17)14-33-12-4-5-21(34)26(33)35;1-15-29-22(27)20-23(30-15)34-26(4,5)21(31-20)19-12-10-18(11-13-19)17-8-6-16(7-9-17)14-28-24(32)25(2,3)33;1-13-26-21(25)19-22(27-13)32-24(2,3)20(29-19)17-10-8-16(9-11-17)15-6-4-14(5-7-15)12-18-28-23(31)33-30-18;1-12-26-21(25)19-22(27-12)31-23(2,3)20(28-19)15-8-9-16(17(24)11-15)14-6-4-13(5-7-14)10-18(29)30/h10-11,13,16-17,21,34H,4-9,12,14H2,1-3H3,(H2,29,30,31);10-13,16-17,33H,6-9,14H2,1-5H3,(H,28,32)(H2,27,29,30);8-11,14-15H,4-7,12H2,1-3H3,(H2,25,26,27)(H,28,30,31);8-9,11,13-14H,4-7,10H2,1-3H3,(H,29,30)(H2,25,26,27). The molecule has 9 aliphatic rings. The molecular weight excluding hydrogens is 1740 g/mol. The number of benzene rings is 4. The number of hydrogen-bond acceptors (Lipinski definition) is 28. The molecule has 9 aromatic rings. The van der Waals surface area contributed by atoms with Crippen LogP contribution in [0, 0.1) is 51.4 Å². The Morgan fingerprint density at radius 3 is 1.17 bits per heavy atom. The molecule has 0 radical (unpaired) electrons. The molecule has 13 N–H and O–H groups in total. The van der Waals surface area contributed by atoms with Crippen molar-refractivity contribution in [3.8, 4) is 23.5 Å². The fourth-order valence-electron chi connectivity index (χ4n) is 20.1. The van der Waals surface area contributed by atoms with Crippen LogP contribution in [0.2, 0.25) is 10.0 Å². The van der Waals surface area contributed by atoms with Crippen molar-refractivity contribution in [2.45, 2.75) is 283 Å². The molecule has 1 unspecified atom stereocenters.